The Morgan fingerprint density at radius 1 is 1.14 bits per heavy atom. The summed E-state index contributed by atoms with van der Waals surface area (Å²) >= 11 is 0. The monoisotopic (exact) mass is 295 g/mol. The molecule has 1 aromatic carbocycles. The van der Waals surface area contributed by atoms with Crippen LogP contribution in [-0.2, 0) is 0 Å². The summed E-state index contributed by atoms with van der Waals surface area (Å²) in [6.45, 7) is 6.43. The van der Waals surface area contributed by atoms with Gasteiger partial charge in [0.25, 0.3) is 0 Å². The van der Waals surface area contributed by atoms with Gasteiger partial charge in [-0.05, 0) is 57.2 Å². The van der Waals surface area contributed by atoms with Crippen LogP contribution in [0.5, 0.6) is 0 Å². The number of benzene rings is 1. The van der Waals surface area contributed by atoms with Crippen molar-refractivity contribution in [3.05, 3.63) is 53.4 Å². The van der Waals surface area contributed by atoms with Gasteiger partial charge in [0.2, 0.25) is 0 Å². The Hall–Kier alpha value is -1.70. The molecule has 2 heterocycles. The molecule has 0 amide bonds. The minimum Gasteiger partial charge on any atom is -0.343 e. The van der Waals surface area contributed by atoms with E-state index in [9.17, 15) is 0 Å². The van der Waals surface area contributed by atoms with Gasteiger partial charge in [-0.3, -0.25) is 0 Å². The lowest BCUT2D eigenvalue weighted by Crippen LogP contribution is -2.47. The van der Waals surface area contributed by atoms with Gasteiger partial charge in [0, 0.05) is 17.4 Å². The van der Waals surface area contributed by atoms with Crippen LogP contribution in [0.4, 0.5) is 5.69 Å². The van der Waals surface area contributed by atoms with Crippen LogP contribution in [0.15, 0.2) is 47.8 Å². The number of hydrogen-bond acceptors (Lipinski definition) is 2. The van der Waals surface area contributed by atoms with Gasteiger partial charge in [-0.25, -0.2) is 0 Å². The van der Waals surface area contributed by atoms with Crippen LogP contribution in [0.3, 0.4) is 0 Å². The van der Waals surface area contributed by atoms with E-state index in [1.807, 2.05) is 13.0 Å². The van der Waals surface area contributed by atoms with E-state index < -0.39 is 6.02 Å². The van der Waals surface area contributed by atoms with Gasteiger partial charge in [-0.1, -0.05) is 37.1 Å². The number of anilines is 1. The van der Waals surface area contributed by atoms with E-state index >= 15 is 0 Å². The average molecular weight is 295 g/mol. The van der Waals surface area contributed by atoms with Crippen LogP contribution >= 0.6 is 0 Å². The number of para-hydroxylation sites is 1. The highest BCUT2D eigenvalue weighted by molar-refractivity contribution is 5.62. The second-order valence-corrected chi connectivity index (χ2v) is 6.93. The van der Waals surface area contributed by atoms with Crippen LogP contribution < -0.4 is 4.90 Å². The maximum absolute atomic E-state index is 8.78. The van der Waals surface area contributed by atoms with Gasteiger partial charge in [-0.2, -0.15) is 0 Å². The van der Waals surface area contributed by atoms with Crippen LogP contribution in [0.1, 0.15) is 46.5 Å². The highest BCUT2D eigenvalue weighted by Gasteiger charge is 2.45. The van der Waals surface area contributed by atoms with Crippen molar-refractivity contribution >= 4 is 5.69 Å². The van der Waals surface area contributed by atoms with Crippen molar-refractivity contribution in [3.8, 4) is 0 Å². The van der Waals surface area contributed by atoms with Crippen molar-refractivity contribution in [3.63, 3.8) is 0 Å². The lowest BCUT2D eigenvalue weighted by atomic mass is 10.0. The standard InChI is InChI=1S/C20H26N2/c1-14-8-4-7-11-18(14)22-16(3)19-13-12-15(2)21(19)20(22)17-9-5-6-10-17/h4,7-8,11-13,15,17,20H,5-6,9-10H2,1-3H3/i15D. The zero-order chi connectivity index (χ0) is 16.2. The topological polar surface area (TPSA) is 6.48 Å². The minimum atomic E-state index is -0.638. The van der Waals surface area contributed by atoms with Crippen LogP contribution in [0.2, 0.25) is 0 Å². The van der Waals surface area contributed by atoms with Gasteiger partial charge in [0.1, 0.15) is 6.17 Å². The molecule has 0 saturated heterocycles. The molecule has 4 rings (SSSR count). The van der Waals surface area contributed by atoms with Crippen LogP contribution in [-0.4, -0.2) is 17.1 Å². The fourth-order valence-electron chi connectivity index (χ4n) is 4.47. The number of nitrogens with zero attached hydrogens (tertiary/aromatic N) is 2. The van der Waals surface area contributed by atoms with Crippen molar-refractivity contribution in [1.29, 1.82) is 0 Å². The smallest absolute Gasteiger partial charge is 0.109 e. The second kappa shape index (κ2) is 5.19. The number of aryl methyl sites for hydroxylation is 1. The summed E-state index contributed by atoms with van der Waals surface area (Å²) < 4.78 is 8.78. The molecule has 0 spiro atoms. The number of hydrogen-bond donors (Lipinski definition) is 0. The first-order chi connectivity index (χ1) is 11.0. The summed E-state index contributed by atoms with van der Waals surface area (Å²) in [6.07, 6.45) is 9.69. The van der Waals surface area contributed by atoms with E-state index in [2.05, 4.69) is 54.0 Å². The van der Waals surface area contributed by atoms with Gasteiger partial charge >= 0.3 is 0 Å². The first-order valence-corrected chi connectivity index (χ1v) is 8.55. The molecule has 2 unspecified atom stereocenters. The van der Waals surface area contributed by atoms with Crippen molar-refractivity contribution in [1.82, 2.24) is 4.90 Å². The molecular formula is C20H26N2. The Kier molecular flexibility index (Phi) is 3.02. The summed E-state index contributed by atoms with van der Waals surface area (Å²) in [6, 6.07) is 8.02. The summed E-state index contributed by atoms with van der Waals surface area (Å²) in [5.74, 6) is 0.645. The van der Waals surface area contributed by atoms with Crippen molar-refractivity contribution in [2.45, 2.75) is 58.6 Å². The largest absolute Gasteiger partial charge is 0.343 e. The Bertz CT molecular complexity index is 683. The molecule has 116 valence electrons. The maximum Gasteiger partial charge on any atom is 0.109 e. The predicted molar refractivity (Wildman–Crippen MR) is 92.5 cm³/mol. The molecule has 0 bridgehead atoms. The quantitative estimate of drug-likeness (QED) is 0.771. The second-order valence-electron chi connectivity index (χ2n) is 6.93. The molecule has 2 atom stereocenters. The summed E-state index contributed by atoms with van der Waals surface area (Å²) in [7, 11) is 0. The first kappa shape index (κ1) is 12.8. The normalized spacial score (nSPS) is 32.1. The van der Waals surface area contributed by atoms with E-state index in [4.69, 9.17) is 1.37 Å². The molecule has 0 aromatic heterocycles. The van der Waals surface area contributed by atoms with Gasteiger partial charge in [0.05, 0.1) is 7.07 Å². The molecule has 22 heavy (non-hydrogen) atoms. The summed E-state index contributed by atoms with van der Waals surface area (Å²) in [4.78, 5) is 4.86. The molecular weight excluding hydrogens is 268 g/mol. The Morgan fingerprint density at radius 3 is 2.59 bits per heavy atom. The third kappa shape index (κ3) is 1.93. The molecule has 1 fully saturated rings. The van der Waals surface area contributed by atoms with E-state index in [0.717, 1.165) is 0 Å². The molecule has 0 radical (unpaired) electrons. The summed E-state index contributed by atoms with van der Waals surface area (Å²) in [5.41, 5.74) is 5.14. The lowest BCUT2D eigenvalue weighted by molar-refractivity contribution is 0.197. The lowest BCUT2D eigenvalue weighted by Gasteiger charge is -2.40. The first-order valence-electron chi connectivity index (χ1n) is 9.05. The molecule has 0 N–H and O–H groups in total. The average Bonchev–Trinajstić information content (AvgIpc) is 3.19. The van der Waals surface area contributed by atoms with Gasteiger partial charge in [0.15, 0.2) is 0 Å². The zero-order valence-electron chi connectivity index (χ0n) is 14.8. The zero-order valence-corrected chi connectivity index (χ0v) is 13.8. The maximum atomic E-state index is 8.78. The molecule has 1 aliphatic carbocycles. The number of allylic oxidation sites excluding steroid dienone is 2. The highest BCUT2D eigenvalue weighted by atomic mass is 15.4. The highest BCUT2D eigenvalue weighted by Crippen LogP contribution is 2.46. The van der Waals surface area contributed by atoms with Gasteiger partial charge < -0.3 is 9.80 Å². The SMILES string of the molecule is [2H]C1(C)C=CC2=C(C)N(c3ccccc3C)C(C3CCCC3)N21. The molecule has 1 saturated carbocycles. The minimum absolute atomic E-state index is 0.283. The molecule has 2 heteroatoms. The van der Waals surface area contributed by atoms with Crippen molar-refractivity contribution in [2.24, 2.45) is 5.92 Å². The molecule has 1 aromatic rings. The molecule has 3 aliphatic rings. The van der Waals surface area contributed by atoms with E-state index in [1.54, 1.807) is 0 Å². The van der Waals surface area contributed by atoms with Crippen LogP contribution in [0.25, 0.3) is 0 Å². The van der Waals surface area contributed by atoms with Crippen molar-refractivity contribution in [2.75, 3.05) is 4.90 Å². The molecule has 2 nitrogen and oxygen atoms in total. The summed E-state index contributed by atoms with van der Waals surface area (Å²) in [5, 5.41) is 0. The third-order valence-electron chi connectivity index (χ3n) is 5.58. The number of fused-ring (bicyclic) bond motifs is 1. The fourth-order valence-corrected chi connectivity index (χ4v) is 4.47. The van der Waals surface area contributed by atoms with Crippen molar-refractivity contribution < 1.29 is 1.37 Å². The molecule has 2 aliphatic heterocycles. The Balaban J connectivity index is 1.84. The van der Waals surface area contributed by atoms with Gasteiger partial charge in [-0.15, -0.1) is 0 Å². The van der Waals surface area contributed by atoms with E-state index in [1.165, 1.54) is 48.3 Å². The fraction of sp³-hybridized carbons (Fsp3) is 0.500. The van der Waals surface area contributed by atoms with E-state index in [-0.39, 0.29) is 6.17 Å². The van der Waals surface area contributed by atoms with Crippen LogP contribution in [0, 0.1) is 12.8 Å². The Morgan fingerprint density at radius 2 is 1.86 bits per heavy atom. The predicted octanol–water partition coefficient (Wildman–Crippen LogP) is 4.82. The Labute approximate surface area is 135 Å². The number of rotatable bonds is 2. The third-order valence-corrected chi connectivity index (χ3v) is 5.58. The van der Waals surface area contributed by atoms with E-state index in [0.29, 0.717) is 5.92 Å².